The average molecular weight is 173 g/mol. The zero-order valence-corrected chi connectivity index (χ0v) is 7.12. The number of hydrogen-bond donors (Lipinski definition) is 4. The van der Waals surface area contributed by atoms with E-state index in [9.17, 15) is 0 Å². The lowest BCUT2D eigenvalue weighted by molar-refractivity contribution is -0.882. The van der Waals surface area contributed by atoms with E-state index in [0.29, 0.717) is 4.59 Å². The SMILES string of the molecule is C[N+](C)(C)N.O=P(O)(O)O. The number of nitrogens with zero attached hydrogens (tertiary/aromatic N) is 1. The quantitative estimate of drug-likeness (QED) is 0.157. The van der Waals surface area contributed by atoms with Crippen molar-refractivity contribution in [2.24, 2.45) is 5.84 Å². The molecule has 0 bridgehead atoms. The molecule has 0 aliphatic heterocycles. The Morgan fingerprint density at radius 1 is 1.20 bits per heavy atom. The molecule has 6 nitrogen and oxygen atoms in total. The number of hydrogen-bond acceptors (Lipinski definition) is 2. The van der Waals surface area contributed by atoms with Gasteiger partial charge >= 0.3 is 7.82 Å². The van der Waals surface area contributed by atoms with Gasteiger partial charge in [0.15, 0.2) is 0 Å². The van der Waals surface area contributed by atoms with E-state index in [2.05, 4.69) is 0 Å². The van der Waals surface area contributed by atoms with Crippen molar-refractivity contribution in [3.63, 3.8) is 0 Å². The molecule has 7 heteroatoms. The van der Waals surface area contributed by atoms with E-state index < -0.39 is 7.82 Å². The summed E-state index contributed by atoms with van der Waals surface area (Å²) in [5, 5.41) is 0. The standard InChI is InChI=1S/C3H11N2.H3O4P/c2*1-5(2,3)4/h4H2,1-3H3;(H3,1,2,3,4)/q+1;. The molecule has 0 unspecified atom stereocenters. The molecule has 0 aliphatic rings. The van der Waals surface area contributed by atoms with Gasteiger partial charge in [0.2, 0.25) is 0 Å². The van der Waals surface area contributed by atoms with Crippen molar-refractivity contribution in [1.29, 1.82) is 0 Å². The van der Waals surface area contributed by atoms with Crippen LogP contribution >= 0.6 is 7.82 Å². The van der Waals surface area contributed by atoms with Gasteiger partial charge in [-0.15, -0.1) is 0 Å². The van der Waals surface area contributed by atoms with Gasteiger partial charge in [-0.3, -0.25) is 4.59 Å². The van der Waals surface area contributed by atoms with Crippen molar-refractivity contribution < 1.29 is 23.8 Å². The largest absolute Gasteiger partial charge is 0.466 e. The Morgan fingerprint density at radius 2 is 1.20 bits per heavy atom. The summed E-state index contributed by atoms with van der Waals surface area (Å²) in [5.41, 5.74) is 0. The van der Waals surface area contributed by atoms with Gasteiger partial charge in [0.1, 0.15) is 0 Å². The fourth-order valence-corrected chi connectivity index (χ4v) is 0. The highest BCUT2D eigenvalue weighted by Crippen LogP contribution is 2.25. The summed E-state index contributed by atoms with van der Waals surface area (Å²) < 4.78 is 9.38. The third-order valence-corrected chi connectivity index (χ3v) is 0. The molecule has 64 valence electrons. The van der Waals surface area contributed by atoms with Gasteiger partial charge in [-0.05, 0) is 0 Å². The summed E-state index contributed by atoms with van der Waals surface area (Å²) in [6.45, 7) is 0. The van der Waals surface area contributed by atoms with Crippen molar-refractivity contribution >= 4 is 7.82 Å². The Kier molecular flexibility index (Phi) is 5.10. The van der Waals surface area contributed by atoms with Crippen molar-refractivity contribution in [2.45, 2.75) is 0 Å². The lowest BCUT2D eigenvalue weighted by Gasteiger charge is -2.12. The molecule has 0 spiro atoms. The zero-order chi connectivity index (χ0) is 9.00. The lowest BCUT2D eigenvalue weighted by Crippen LogP contribution is -2.41. The van der Waals surface area contributed by atoms with E-state index in [1.165, 1.54) is 0 Å². The maximum Gasteiger partial charge on any atom is 0.466 e. The normalized spacial score (nSPS) is 11.9. The summed E-state index contributed by atoms with van der Waals surface area (Å²) in [4.78, 5) is 21.6. The van der Waals surface area contributed by atoms with Crippen molar-refractivity contribution in [3.8, 4) is 0 Å². The lowest BCUT2D eigenvalue weighted by atomic mass is 10.9. The molecule has 0 fully saturated rings. The van der Waals surface area contributed by atoms with Crippen LogP contribution in [0.5, 0.6) is 0 Å². The number of nitrogens with two attached hydrogens (primary N) is 1. The third kappa shape index (κ3) is 441000. The molecule has 0 atom stereocenters. The van der Waals surface area contributed by atoms with E-state index >= 15 is 0 Å². The number of phosphoric acid groups is 1. The monoisotopic (exact) mass is 173 g/mol. The van der Waals surface area contributed by atoms with Crippen LogP contribution in [0.1, 0.15) is 0 Å². The van der Waals surface area contributed by atoms with Crippen LogP contribution in [0.3, 0.4) is 0 Å². The van der Waals surface area contributed by atoms with E-state index in [0.717, 1.165) is 0 Å². The minimum absolute atomic E-state index is 0.500. The van der Waals surface area contributed by atoms with Gasteiger partial charge in [-0.2, -0.15) is 5.84 Å². The van der Waals surface area contributed by atoms with Gasteiger partial charge in [-0.25, -0.2) is 4.57 Å². The molecule has 0 aliphatic carbocycles. The second kappa shape index (κ2) is 4.02. The zero-order valence-electron chi connectivity index (χ0n) is 6.22. The van der Waals surface area contributed by atoms with E-state index in [1.807, 2.05) is 21.1 Å². The average Bonchev–Trinajstić information content (AvgIpc) is 1.12. The molecule has 0 aromatic rings. The Hall–Kier alpha value is 0.0300. The highest BCUT2D eigenvalue weighted by atomic mass is 31.2. The first kappa shape index (κ1) is 12.7. The van der Waals surface area contributed by atoms with Gasteiger partial charge in [-0.1, -0.05) is 0 Å². The van der Waals surface area contributed by atoms with Gasteiger partial charge in [0.25, 0.3) is 0 Å². The van der Waals surface area contributed by atoms with E-state index in [-0.39, 0.29) is 0 Å². The van der Waals surface area contributed by atoms with E-state index in [1.54, 1.807) is 0 Å². The predicted molar refractivity (Wildman–Crippen MR) is 36.5 cm³/mol. The summed E-state index contributed by atoms with van der Waals surface area (Å²) in [7, 11) is 1.07. The van der Waals surface area contributed by atoms with Crippen LogP contribution < -0.4 is 5.84 Å². The molecule has 0 saturated heterocycles. The topological polar surface area (TPSA) is 104 Å². The van der Waals surface area contributed by atoms with Gasteiger partial charge in [0, 0.05) is 0 Å². The van der Waals surface area contributed by atoms with Crippen molar-refractivity contribution in [3.05, 3.63) is 0 Å². The Morgan fingerprint density at radius 3 is 1.20 bits per heavy atom. The highest BCUT2D eigenvalue weighted by molar-refractivity contribution is 7.45. The third-order valence-electron chi connectivity index (χ3n) is 0. The Balaban J connectivity index is 0. The molecule has 0 rings (SSSR count). The first-order chi connectivity index (χ1) is 4.00. The van der Waals surface area contributed by atoms with Crippen molar-refractivity contribution in [2.75, 3.05) is 21.1 Å². The van der Waals surface area contributed by atoms with Crippen LogP contribution in [0.15, 0.2) is 0 Å². The molecule has 0 radical (unpaired) electrons. The van der Waals surface area contributed by atoms with Crippen LogP contribution in [0, 0.1) is 0 Å². The number of quaternary nitrogens is 1. The fraction of sp³-hybridized carbons (Fsp3) is 1.00. The summed E-state index contributed by atoms with van der Waals surface area (Å²) in [6, 6.07) is 0. The second-order valence-electron chi connectivity index (χ2n) is 2.63. The summed E-state index contributed by atoms with van der Waals surface area (Å²) >= 11 is 0. The number of rotatable bonds is 0. The van der Waals surface area contributed by atoms with Crippen LogP contribution in [0.2, 0.25) is 0 Å². The fourth-order valence-electron chi connectivity index (χ4n) is 0. The second-order valence-corrected chi connectivity index (χ2v) is 3.66. The minimum atomic E-state index is -4.64. The molecular weight excluding hydrogens is 159 g/mol. The Labute approximate surface area is 59.7 Å². The van der Waals surface area contributed by atoms with Gasteiger partial charge < -0.3 is 14.7 Å². The van der Waals surface area contributed by atoms with Crippen molar-refractivity contribution in [1.82, 2.24) is 0 Å². The van der Waals surface area contributed by atoms with Crippen LogP contribution in [-0.2, 0) is 4.57 Å². The molecule has 0 saturated carbocycles. The molecule has 0 amide bonds. The van der Waals surface area contributed by atoms with Crippen LogP contribution in [0.4, 0.5) is 0 Å². The summed E-state index contributed by atoms with van der Waals surface area (Å²) in [6.07, 6.45) is 0. The molecule has 10 heavy (non-hydrogen) atoms. The molecule has 0 heterocycles. The van der Waals surface area contributed by atoms with Gasteiger partial charge in [0.05, 0.1) is 21.1 Å². The van der Waals surface area contributed by atoms with Crippen LogP contribution in [0.25, 0.3) is 0 Å². The predicted octanol–water partition coefficient (Wildman–Crippen LogP) is -1.36. The first-order valence-corrected chi connectivity index (χ1v) is 3.95. The minimum Gasteiger partial charge on any atom is -0.303 e. The summed E-state index contributed by atoms with van der Waals surface area (Å²) in [5.74, 6) is 5.29. The maximum atomic E-state index is 8.88. The maximum absolute atomic E-state index is 8.88. The van der Waals surface area contributed by atoms with E-state index in [4.69, 9.17) is 25.1 Å². The smallest absolute Gasteiger partial charge is 0.303 e. The Bertz CT molecular complexity index is 111. The highest BCUT2D eigenvalue weighted by Gasteiger charge is 2.00. The molecular formula is C3H14N2O4P+. The molecule has 0 aromatic carbocycles. The molecule has 0 aromatic heterocycles. The van der Waals surface area contributed by atoms with Crippen LogP contribution in [-0.4, -0.2) is 40.4 Å². The molecule has 5 N–H and O–H groups in total. The first-order valence-electron chi connectivity index (χ1n) is 2.38.